The van der Waals surface area contributed by atoms with Gasteiger partial charge in [0.15, 0.2) is 0 Å². The van der Waals surface area contributed by atoms with Gasteiger partial charge in [0.25, 0.3) is 6.02 Å². The zero-order chi connectivity index (χ0) is 9.03. The van der Waals surface area contributed by atoms with Crippen LogP contribution in [0.1, 0.15) is 13.3 Å². The average molecular weight is 192 g/mol. The molecule has 0 amide bonds. The molecule has 1 heterocycles. The first-order chi connectivity index (χ1) is 5.64. The summed E-state index contributed by atoms with van der Waals surface area (Å²) in [7, 11) is -3.17. The van der Waals surface area contributed by atoms with Crippen LogP contribution in [-0.2, 0) is 14.8 Å². The van der Waals surface area contributed by atoms with E-state index in [1.165, 1.54) is 0 Å². The molecule has 70 valence electrons. The Kier molecular flexibility index (Phi) is 2.91. The molecule has 1 aliphatic heterocycles. The van der Waals surface area contributed by atoms with Crippen molar-refractivity contribution in [2.75, 3.05) is 18.9 Å². The second-order valence-electron chi connectivity index (χ2n) is 2.46. The van der Waals surface area contributed by atoms with Gasteiger partial charge in [-0.25, -0.2) is 18.1 Å². The van der Waals surface area contributed by atoms with Crippen molar-refractivity contribution in [2.24, 2.45) is 4.99 Å². The van der Waals surface area contributed by atoms with Crippen molar-refractivity contribution in [1.29, 1.82) is 0 Å². The van der Waals surface area contributed by atoms with E-state index in [0.29, 0.717) is 6.61 Å². The Morgan fingerprint density at radius 1 is 1.67 bits per heavy atom. The van der Waals surface area contributed by atoms with Crippen molar-refractivity contribution in [3.8, 4) is 0 Å². The van der Waals surface area contributed by atoms with Crippen LogP contribution in [0.4, 0.5) is 0 Å². The standard InChI is InChI=1S/C6H12N2O3S/c1-2-4-11-6-7-3-5-12(9,10)8-6/h2-5H2,1H3,(H,7,8). The van der Waals surface area contributed by atoms with E-state index >= 15 is 0 Å². The largest absolute Gasteiger partial charge is 0.465 e. The van der Waals surface area contributed by atoms with Gasteiger partial charge in [0.1, 0.15) is 0 Å². The minimum atomic E-state index is -3.17. The first-order valence-corrected chi connectivity index (χ1v) is 5.47. The van der Waals surface area contributed by atoms with E-state index in [1.54, 1.807) is 0 Å². The van der Waals surface area contributed by atoms with Crippen molar-refractivity contribution in [3.63, 3.8) is 0 Å². The summed E-state index contributed by atoms with van der Waals surface area (Å²) in [6.45, 7) is 2.72. The van der Waals surface area contributed by atoms with Crippen LogP contribution >= 0.6 is 0 Å². The highest BCUT2D eigenvalue weighted by Crippen LogP contribution is 1.95. The normalized spacial score (nSPS) is 20.9. The molecule has 0 aromatic rings. The molecule has 5 nitrogen and oxygen atoms in total. The molecule has 0 aromatic carbocycles. The monoisotopic (exact) mass is 192 g/mol. The van der Waals surface area contributed by atoms with Gasteiger partial charge in [-0.2, -0.15) is 0 Å². The Bertz CT molecular complexity index is 271. The molecular weight excluding hydrogens is 180 g/mol. The van der Waals surface area contributed by atoms with Gasteiger partial charge >= 0.3 is 0 Å². The first kappa shape index (κ1) is 9.31. The van der Waals surface area contributed by atoms with E-state index in [2.05, 4.69) is 9.71 Å². The van der Waals surface area contributed by atoms with Gasteiger partial charge in [-0.15, -0.1) is 0 Å². The number of rotatable bonds is 2. The lowest BCUT2D eigenvalue weighted by molar-refractivity contribution is 0.293. The first-order valence-electron chi connectivity index (χ1n) is 3.82. The number of amidine groups is 1. The molecule has 0 radical (unpaired) electrons. The maximum Gasteiger partial charge on any atom is 0.298 e. The fourth-order valence-electron chi connectivity index (χ4n) is 0.758. The third kappa shape index (κ3) is 2.69. The minimum Gasteiger partial charge on any atom is -0.465 e. The number of nitrogens with zero attached hydrogens (tertiary/aromatic N) is 1. The molecule has 12 heavy (non-hydrogen) atoms. The lowest BCUT2D eigenvalue weighted by Gasteiger charge is -2.14. The van der Waals surface area contributed by atoms with Crippen LogP contribution in [0.3, 0.4) is 0 Å². The van der Waals surface area contributed by atoms with Crippen LogP contribution in [-0.4, -0.2) is 33.3 Å². The number of ether oxygens (including phenoxy) is 1. The molecule has 0 saturated carbocycles. The molecule has 0 bridgehead atoms. The van der Waals surface area contributed by atoms with E-state index in [0.717, 1.165) is 6.42 Å². The lowest BCUT2D eigenvalue weighted by Crippen LogP contribution is -2.39. The van der Waals surface area contributed by atoms with Gasteiger partial charge in [0, 0.05) is 0 Å². The smallest absolute Gasteiger partial charge is 0.298 e. The van der Waals surface area contributed by atoms with Crippen LogP contribution in [0.15, 0.2) is 4.99 Å². The van der Waals surface area contributed by atoms with E-state index in [-0.39, 0.29) is 18.3 Å². The SMILES string of the molecule is CCCOC1=NCCS(=O)(=O)N1. The Balaban J connectivity index is 2.50. The topological polar surface area (TPSA) is 67.8 Å². The molecule has 0 fully saturated rings. The second-order valence-corrected chi connectivity index (χ2v) is 4.30. The van der Waals surface area contributed by atoms with Gasteiger partial charge in [0.2, 0.25) is 10.0 Å². The van der Waals surface area contributed by atoms with E-state index in [1.807, 2.05) is 6.92 Å². The molecule has 0 spiro atoms. The van der Waals surface area contributed by atoms with Crippen LogP contribution in [0.2, 0.25) is 0 Å². The van der Waals surface area contributed by atoms with Crippen LogP contribution in [0.5, 0.6) is 0 Å². The van der Waals surface area contributed by atoms with Crippen molar-refractivity contribution < 1.29 is 13.2 Å². The molecule has 6 heteroatoms. The fourth-order valence-corrected chi connectivity index (χ4v) is 1.58. The number of aliphatic imine (C=N–C) groups is 1. The quantitative estimate of drug-likeness (QED) is 0.653. The Labute approximate surface area is 71.9 Å². The molecular formula is C6H12N2O3S. The van der Waals surface area contributed by atoms with Crippen molar-refractivity contribution >= 4 is 16.0 Å². The molecule has 0 aromatic heterocycles. The van der Waals surface area contributed by atoms with Gasteiger partial charge < -0.3 is 4.74 Å². The van der Waals surface area contributed by atoms with Crippen LogP contribution in [0, 0.1) is 0 Å². The van der Waals surface area contributed by atoms with Crippen molar-refractivity contribution in [1.82, 2.24) is 4.72 Å². The summed E-state index contributed by atoms with van der Waals surface area (Å²) in [5.41, 5.74) is 0. The predicted octanol–water partition coefficient (Wildman–Crippen LogP) is -0.298. The number of hydrogen-bond acceptors (Lipinski definition) is 4. The summed E-state index contributed by atoms with van der Waals surface area (Å²) in [5, 5.41) is 0. The molecule has 1 N–H and O–H groups in total. The molecule has 1 aliphatic rings. The third-order valence-corrected chi connectivity index (χ3v) is 2.51. The number of hydrogen-bond donors (Lipinski definition) is 1. The van der Waals surface area contributed by atoms with Gasteiger partial charge in [-0.1, -0.05) is 6.92 Å². The Hall–Kier alpha value is -0.780. The minimum absolute atomic E-state index is 0.0476. The number of nitrogens with one attached hydrogen (secondary N) is 1. The zero-order valence-electron chi connectivity index (χ0n) is 6.91. The number of sulfonamides is 1. The average Bonchev–Trinajstić information content (AvgIpc) is 1.99. The fraction of sp³-hybridized carbons (Fsp3) is 0.833. The predicted molar refractivity (Wildman–Crippen MR) is 45.5 cm³/mol. The maximum absolute atomic E-state index is 11.0. The van der Waals surface area contributed by atoms with Crippen LogP contribution in [0.25, 0.3) is 0 Å². The Morgan fingerprint density at radius 3 is 3.00 bits per heavy atom. The highest BCUT2D eigenvalue weighted by atomic mass is 32.2. The highest BCUT2D eigenvalue weighted by molar-refractivity contribution is 7.90. The van der Waals surface area contributed by atoms with Gasteiger partial charge in [-0.05, 0) is 6.42 Å². The van der Waals surface area contributed by atoms with E-state index in [9.17, 15) is 8.42 Å². The second kappa shape index (κ2) is 3.75. The molecule has 0 atom stereocenters. The van der Waals surface area contributed by atoms with Crippen LogP contribution < -0.4 is 4.72 Å². The summed E-state index contributed by atoms with van der Waals surface area (Å²) in [5.74, 6) is 0.0476. The summed E-state index contributed by atoms with van der Waals surface area (Å²) in [6, 6.07) is 0.128. The molecule has 1 rings (SSSR count). The van der Waals surface area contributed by atoms with Gasteiger partial charge in [0.05, 0.1) is 18.9 Å². The van der Waals surface area contributed by atoms with Crippen molar-refractivity contribution in [2.45, 2.75) is 13.3 Å². The molecule has 0 unspecified atom stereocenters. The zero-order valence-corrected chi connectivity index (χ0v) is 7.73. The summed E-state index contributed by atoms with van der Waals surface area (Å²) in [6.07, 6.45) is 0.834. The summed E-state index contributed by atoms with van der Waals surface area (Å²) < 4.78 is 29.2. The maximum atomic E-state index is 11.0. The third-order valence-electron chi connectivity index (χ3n) is 1.30. The summed E-state index contributed by atoms with van der Waals surface area (Å²) >= 11 is 0. The Morgan fingerprint density at radius 2 is 2.42 bits per heavy atom. The summed E-state index contributed by atoms with van der Waals surface area (Å²) in [4.78, 5) is 3.87. The van der Waals surface area contributed by atoms with E-state index in [4.69, 9.17) is 4.74 Å². The van der Waals surface area contributed by atoms with Gasteiger partial charge in [-0.3, -0.25) is 0 Å². The highest BCUT2D eigenvalue weighted by Gasteiger charge is 2.18. The van der Waals surface area contributed by atoms with Crippen molar-refractivity contribution in [3.05, 3.63) is 0 Å². The van der Waals surface area contributed by atoms with E-state index < -0.39 is 10.0 Å². The molecule has 0 saturated heterocycles. The molecule has 0 aliphatic carbocycles. The lowest BCUT2D eigenvalue weighted by atomic mass is 10.5.